The van der Waals surface area contributed by atoms with Crippen molar-refractivity contribution in [2.75, 3.05) is 18.8 Å². The van der Waals surface area contributed by atoms with E-state index < -0.39 is 15.1 Å². The minimum atomic E-state index is -3.05. The van der Waals surface area contributed by atoms with E-state index in [1.807, 2.05) is 0 Å². The molecule has 1 aliphatic heterocycles. The molecule has 1 aromatic carbocycles. The van der Waals surface area contributed by atoms with Crippen LogP contribution in [-0.2, 0) is 21.1 Å². The van der Waals surface area contributed by atoms with Gasteiger partial charge in [0, 0.05) is 24.4 Å². The molecular formula is C13H17NO4S. The fourth-order valence-electron chi connectivity index (χ4n) is 2.04. The first-order valence-corrected chi connectivity index (χ1v) is 7.91. The number of aromatic hydroxyl groups is 1. The van der Waals surface area contributed by atoms with Crippen LogP contribution >= 0.6 is 0 Å². The van der Waals surface area contributed by atoms with Gasteiger partial charge in [-0.1, -0.05) is 25.1 Å². The lowest BCUT2D eigenvalue weighted by atomic mass is 10.1. The Morgan fingerprint density at radius 3 is 2.58 bits per heavy atom. The zero-order valence-corrected chi connectivity index (χ0v) is 11.6. The minimum Gasteiger partial charge on any atom is -0.508 e. The molecule has 1 amide bonds. The number of carbonyl (C=O) groups is 1. The third kappa shape index (κ3) is 2.89. The van der Waals surface area contributed by atoms with Crippen molar-refractivity contribution in [2.24, 2.45) is 0 Å². The Kier molecular flexibility index (Phi) is 3.80. The molecule has 19 heavy (non-hydrogen) atoms. The van der Waals surface area contributed by atoms with E-state index in [9.17, 15) is 18.3 Å². The number of hydrogen-bond acceptors (Lipinski definition) is 4. The van der Waals surface area contributed by atoms with Gasteiger partial charge in [0.2, 0.25) is 5.91 Å². The monoisotopic (exact) mass is 283 g/mol. The van der Waals surface area contributed by atoms with Crippen LogP contribution in [0, 0.1) is 0 Å². The molecule has 1 aromatic rings. The first kappa shape index (κ1) is 13.9. The van der Waals surface area contributed by atoms with Crippen molar-refractivity contribution in [3.63, 3.8) is 0 Å². The lowest BCUT2D eigenvalue weighted by Gasteiger charge is -2.38. The number of sulfone groups is 1. The number of likely N-dealkylation sites (tertiary alicyclic amines) is 1. The lowest BCUT2D eigenvalue weighted by molar-refractivity contribution is -0.133. The zero-order chi connectivity index (χ0) is 14.0. The van der Waals surface area contributed by atoms with E-state index in [4.69, 9.17) is 0 Å². The van der Waals surface area contributed by atoms with Crippen LogP contribution in [0.3, 0.4) is 0 Å². The molecule has 1 fully saturated rings. The van der Waals surface area contributed by atoms with Gasteiger partial charge in [-0.15, -0.1) is 0 Å². The van der Waals surface area contributed by atoms with Crippen molar-refractivity contribution in [2.45, 2.75) is 18.6 Å². The number of benzene rings is 1. The SMILES string of the molecule is CCS(=O)(=O)C1CN(C(=O)Cc2ccccc2O)C1. The van der Waals surface area contributed by atoms with Crippen molar-refractivity contribution in [3.05, 3.63) is 29.8 Å². The fraction of sp³-hybridized carbons (Fsp3) is 0.462. The average molecular weight is 283 g/mol. The zero-order valence-electron chi connectivity index (χ0n) is 10.7. The second-order valence-electron chi connectivity index (χ2n) is 4.68. The van der Waals surface area contributed by atoms with E-state index in [0.29, 0.717) is 5.56 Å². The number of phenolic OH excluding ortho intramolecular Hbond substituents is 1. The Labute approximate surface area is 112 Å². The van der Waals surface area contributed by atoms with E-state index in [1.54, 1.807) is 25.1 Å². The van der Waals surface area contributed by atoms with Crippen molar-refractivity contribution in [1.82, 2.24) is 4.90 Å². The molecule has 1 aliphatic rings. The molecule has 5 nitrogen and oxygen atoms in total. The predicted molar refractivity (Wildman–Crippen MR) is 71.6 cm³/mol. The van der Waals surface area contributed by atoms with Gasteiger partial charge < -0.3 is 10.0 Å². The summed E-state index contributed by atoms with van der Waals surface area (Å²) in [4.78, 5) is 13.4. The van der Waals surface area contributed by atoms with Gasteiger partial charge in [-0.25, -0.2) is 8.42 Å². The Morgan fingerprint density at radius 2 is 2.00 bits per heavy atom. The van der Waals surface area contributed by atoms with Gasteiger partial charge in [0.1, 0.15) is 5.75 Å². The van der Waals surface area contributed by atoms with E-state index in [2.05, 4.69) is 0 Å². The van der Waals surface area contributed by atoms with Crippen LogP contribution < -0.4 is 0 Å². The van der Waals surface area contributed by atoms with Crippen molar-refractivity contribution in [3.8, 4) is 5.75 Å². The number of para-hydroxylation sites is 1. The summed E-state index contributed by atoms with van der Waals surface area (Å²) in [6, 6.07) is 6.66. The Bertz CT molecular complexity index is 576. The third-order valence-corrected chi connectivity index (χ3v) is 5.56. The van der Waals surface area contributed by atoms with Crippen LogP contribution in [0.15, 0.2) is 24.3 Å². The molecule has 1 N–H and O–H groups in total. The summed E-state index contributed by atoms with van der Waals surface area (Å²) < 4.78 is 23.2. The number of amides is 1. The average Bonchev–Trinajstić information content (AvgIpc) is 2.30. The van der Waals surface area contributed by atoms with Crippen molar-refractivity contribution in [1.29, 1.82) is 0 Å². The highest BCUT2D eigenvalue weighted by Crippen LogP contribution is 2.21. The molecule has 0 aromatic heterocycles. The number of hydrogen-bond donors (Lipinski definition) is 1. The largest absolute Gasteiger partial charge is 0.508 e. The van der Waals surface area contributed by atoms with Gasteiger partial charge in [-0.05, 0) is 6.07 Å². The van der Waals surface area contributed by atoms with Crippen LogP contribution in [0.2, 0.25) is 0 Å². The number of nitrogens with zero attached hydrogens (tertiary/aromatic N) is 1. The molecule has 0 aliphatic carbocycles. The summed E-state index contributed by atoms with van der Waals surface area (Å²) in [7, 11) is -3.05. The molecule has 104 valence electrons. The molecule has 2 rings (SSSR count). The van der Waals surface area contributed by atoms with Gasteiger partial charge in [0.25, 0.3) is 0 Å². The fourth-order valence-corrected chi connectivity index (χ4v) is 3.33. The van der Waals surface area contributed by atoms with Gasteiger partial charge in [-0.2, -0.15) is 0 Å². The Balaban J connectivity index is 1.93. The molecule has 0 spiro atoms. The minimum absolute atomic E-state index is 0.0918. The first-order chi connectivity index (χ1) is 8.94. The summed E-state index contributed by atoms with van der Waals surface area (Å²) in [6.07, 6.45) is 0.103. The lowest BCUT2D eigenvalue weighted by Crippen LogP contribution is -2.57. The highest BCUT2D eigenvalue weighted by atomic mass is 32.2. The van der Waals surface area contributed by atoms with Crippen LogP contribution in [0.5, 0.6) is 5.75 Å². The number of carbonyl (C=O) groups excluding carboxylic acids is 1. The molecule has 0 radical (unpaired) electrons. The maximum atomic E-state index is 11.9. The molecule has 0 saturated carbocycles. The van der Waals surface area contributed by atoms with Crippen LogP contribution in [-0.4, -0.2) is 48.4 Å². The molecule has 1 saturated heterocycles. The van der Waals surface area contributed by atoms with Gasteiger partial charge in [-0.3, -0.25) is 4.79 Å². The molecule has 1 heterocycles. The normalized spacial score (nSPS) is 16.2. The summed E-state index contributed by atoms with van der Waals surface area (Å²) in [5, 5.41) is 9.16. The van der Waals surface area contributed by atoms with Gasteiger partial charge >= 0.3 is 0 Å². The smallest absolute Gasteiger partial charge is 0.227 e. The highest BCUT2D eigenvalue weighted by Gasteiger charge is 2.38. The maximum absolute atomic E-state index is 11.9. The molecule has 0 bridgehead atoms. The summed E-state index contributed by atoms with van der Waals surface area (Å²) in [5.41, 5.74) is 0.564. The number of rotatable bonds is 4. The Hall–Kier alpha value is -1.56. The molecule has 6 heteroatoms. The first-order valence-electron chi connectivity index (χ1n) is 6.20. The highest BCUT2D eigenvalue weighted by molar-refractivity contribution is 7.92. The second-order valence-corrected chi connectivity index (χ2v) is 7.25. The standard InChI is InChI=1S/C13H17NO4S/c1-2-19(17,18)11-8-14(9-11)13(16)7-10-5-3-4-6-12(10)15/h3-6,11,15H,2,7-9H2,1H3. The second kappa shape index (κ2) is 5.21. The summed E-state index contributed by atoms with van der Waals surface area (Å²) in [5.74, 6) is 0.0530. The van der Waals surface area contributed by atoms with Crippen molar-refractivity contribution < 1.29 is 18.3 Å². The van der Waals surface area contributed by atoms with Gasteiger partial charge in [0.05, 0.1) is 11.7 Å². The van der Waals surface area contributed by atoms with E-state index in [0.717, 1.165) is 0 Å². The third-order valence-electron chi connectivity index (χ3n) is 3.44. The maximum Gasteiger partial charge on any atom is 0.227 e. The van der Waals surface area contributed by atoms with E-state index >= 15 is 0 Å². The van der Waals surface area contributed by atoms with Gasteiger partial charge in [0.15, 0.2) is 9.84 Å². The summed E-state index contributed by atoms with van der Waals surface area (Å²) >= 11 is 0. The van der Waals surface area contributed by atoms with Crippen LogP contribution in [0.1, 0.15) is 12.5 Å². The molecule has 0 atom stereocenters. The van der Waals surface area contributed by atoms with Crippen molar-refractivity contribution >= 4 is 15.7 Å². The predicted octanol–water partition coefficient (Wildman–Crippen LogP) is 0.580. The Morgan fingerprint density at radius 1 is 1.37 bits per heavy atom. The molecule has 0 unspecified atom stereocenters. The number of phenols is 1. The summed E-state index contributed by atoms with van der Waals surface area (Å²) in [6.45, 7) is 2.15. The van der Waals surface area contributed by atoms with Crippen LogP contribution in [0.25, 0.3) is 0 Å². The van der Waals surface area contributed by atoms with E-state index in [-0.39, 0.29) is 36.9 Å². The molecular weight excluding hydrogens is 266 g/mol. The van der Waals surface area contributed by atoms with E-state index in [1.165, 1.54) is 11.0 Å². The quantitative estimate of drug-likeness (QED) is 0.877. The topological polar surface area (TPSA) is 74.7 Å². The van der Waals surface area contributed by atoms with Crippen LogP contribution in [0.4, 0.5) is 0 Å².